The van der Waals surface area contributed by atoms with Gasteiger partial charge in [0.05, 0.1) is 47.3 Å². The van der Waals surface area contributed by atoms with Gasteiger partial charge in [-0.1, -0.05) is 12.1 Å². The van der Waals surface area contributed by atoms with Crippen LogP contribution in [-0.4, -0.2) is 41.7 Å². The molecule has 2 aromatic carbocycles. The first kappa shape index (κ1) is 25.0. The van der Waals surface area contributed by atoms with Gasteiger partial charge in [-0.25, -0.2) is 4.57 Å². The summed E-state index contributed by atoms with van der Waals surface area (Å²) in [5.74, 6) is 2.25. The zero-order valence-electron chi connectivity index (χ0n) is 20.0. The van der Waals surface area contributed by atoms with Crippen LogP contribution in [-0.2, 0) is 20.0 Å². The van der Waals surface area contributed by atoms with E-state index in [4.69, 9.17) is 28.0 Å². The fourth-order valence-corrected chi connectivity index (χ4v) is 5.39. The van der Waals surface area contributed by atoms with Crippen LogP contribution in [0.2, 0.25) is 0 Å². The van der Waals surface area contributed by atoms with Gasteiger partial charge in [0.25, 0.3) is 0 Å². The lowest BCUT2D eigenvalue weighted by Crippen LogP contribution is -2.11. The summed E-state index contributed by atoms with van der Waals surface area (Å²) in [6.07, 6.45) is 3.69. The lowest BCUT2D eigenvalue weighted by Gasteiger charge is -2.26. The molecular formula is C24H32NO7P. The van der Waals surface area contributed by atoms with Gasteiger partial charge >= 0.3 is 7.75 Å². The minimum absolute atomic E-state index is 0.248. The molecule has 0 bridgehead atoms. The van der Waals surface area contributed by atoms with E-state index in [-0.39, 0.29) is 13.2 Å². The second kappa shape index (κ2) is 11.0. The summed E-state index contributed by atoms with van der Waals surface area (Å²) in [6.45, 7) is 4.04. The van der Waals surface area contributed by atoms with Crippen LogP contribution in [0.15, 0.2) is 30.3 Å². The van der Waals surface area contributed by atoms with Crippen molar-refractivity contribution in [3.8, 4) is 23.0 Å². The van der Waals surface area contributed by atoms with Crippen LogP contribution in [0.3, 0.4) is 0 Å². The van der Waals surface area contributed by atoms with Crippen molar-refractivity contribution in [1.29, 1.82) is 0 Å². The van der Waals surface area contributed by atoms with Crippen molar-refractivity contribution in [3.63, 3.8) is 0 Å². The number of fused-ring (bicyclic) bond motifs is 1. The first-order valence-corrected chi connectivity index (χ1v) is 12.4. The fraction of sp³-hybridized carbons (Fsp3) is 0.417. The summed E-state index contributed by atoms with van der Waals surface area (Å²) in [6, 6.07) is 7.69. The molecule has 1 aliphatic carbocycles. The molecule has 1 N–H and O–H groups in total. The monoisotopic (exact) mass is 477 g/mol. The van der Waals surface area contributed by atoms with E-state index in [1.54, 1.807) is 42.3 Å². The molecular weight excluding hydrogens is 445 g/mol. The van der Waals surface area contributed by atoms with Crippen molar-refractivity contribution in [2.45, 2.75) is 26.7 Å². The molecule has 33 heavy (non-hydrogen) atoms. The molecule has 0 aliphatic heterocycles. The minimum Gasteiger partial charge on any atom is -0.495 e. The average Bonchev–Trinajstić information content (AvgIpc) is 2.83. The number of benzene rings is 2. The molecule has 0 saturated carbocycles. The number of anilines is 1. The van der Waals surface area contributed by atoms with Crippen molar-refractivity contribution in [2.24, 2.45) is 0 Å². The molecule has 0 amide bonds. The van der Waals surface area contributed by atoms with Gasteiger partial charge in [-0.3, -0.25) is 14.1 Å². The lowest BCUT2D eigenvalue weighted by atomic mass is 9.85. The molecule has 8 nitrogen and oxygen atoms in total. The normalized spacial score (nSPS) is 13.1. The van der Waals surface area contributed by atoms with Gasteiger partial charge in [-0.05, 0) is 67.2 Å². The van der Waals surface area contributed by atoms with Crippen molar-refractivity contribution in [1.82, 2.24) is 0 Å². The Morgan fingerprint density at radius 3 is 2.00 bits per heavy atom. The van der Waals surface area contributed by atoms with E-state index in [1.165, 1.54) is 0 Å². The minimum atomic E-state index is -3.56. The smallest absolute Gasteiger partial charge is 0.432 e. The van der Waals surface area contributed by atoms with Crippen LogP contribution in [0.5, 0.6) is 23.0 Å². The van der Waals surface area contributed by atoms with Crippen LogP contribution < -0.4 is 24.0 Å². The first-order valence-electron chi connectivity index (χ1n) is 10.8. The topological polar surface area (TPSA) is 84.5 Å². The molecule has 0 atom stereocenters. The molecule has 0 unspecified atom stereocenters. The Bertz CT molecular complexity index is 1030. The van der Waals surface area contributed by atoms with Crippen LogP contribution in [0.25, 0.3) is 5.57 Å². The SMILES string of the molecule is CCOP(=O)(Nc1c(OC)ccc2c1CCC=C2c1cc(OC)c(OC)c(OC)c1)OCC. The number of hydrogen-bond acceptors (Lipinski definition) is 7. The van der Waals surface area contributed by atoms with E-state index in [0.717, 1.165) is 35.1 Å². The van der Waals surface area contributed by atoms with Gasteiger partial charge in [-0.15, -0.1) is 0 Å². The number of methoxy groups -OCH3 is 4. The van der Waals surface area contributed by atoms with Crippen LogP contribution in [0.1, 0.15) is 37.0 Å². The second-order valence-corrected chi connectivity index (χ2v) is 8.92. The van der Waals surface area contributed by atoms with Gasteiger partial charge in [0.1, 0.15) is 5.75 Å². The number of nitrogens with one attached hydrogen (secondary N) is 1. The highest BCUT2D eigenvalue weighted by Gasteiger charge is 2.29. The number of ether oxygens (including phenoxy) is 4. The summed E-state index contributed by atoms with van der Waals surface area (Å²) >= 11 is 0. The standard InChI is InChI=1S/C24H32NO7P/c1-7-31-33(26,32-8-2)25-23-19-11-9-10-17(18(19)12-13-20(23)27-3)16-14-21(28-4)24(30-6)22(15-16)29-5/h10,12-15H,7-9,11H2,1-6H3,(H,25,26). The van der Waals surface area contributed by atoms with E-state index >= 15 is 0 Å². The highest BCUT2D eigenvalue weighted by molar-refractivity contribution is 7.55. The van der Waals surface area contributed by atoms with Gasteiger partial charge in [0.15, 0.2) is 11.5 Å². The predicted molar refractivity (Wildman–Crippen MR) is 129 cm³/mol. The molecule has 0 saturated heterocycles. The largest absolute Gasteiger partial charge is 0.495 e. The molecule has 2 aromatic rings. The van der Waals surface area contributed by atoms with Gasteiger partial charge in [0, 0.05) is 0 Å². The number of hydrogen-bond donors (Lipinski definition) is 1. The lowest BCUT2D eigenvalue weighted by molar-refractivity contribution is 0.225. The maximum absolute atomic E-state index is 13.3. The number of rotatable bonds is 11. The molecule has 0 aromatic heterocycles. The molecule has 0 spiro atoms. The summed E-state index contributed by atoms with van der Waals surface area (Å²) < 4.78 is 46.3. The Morgan fingerprint density at radius 2 is 1.48 bits per heavy atom. The maximum atomic E-state index is 13.3. The van der Waals surface area contributed by atoms with Gasteiger partial charge in [-0.2, -0.15) is 0 Å². The Hall–Kier alpha value is -2.67. The van der Waals surface area contributed by atoms with Gasteiger partial charge < -0.3 is 18.9 Å². The van der Waals surface area contributed by atoms with E-state index in [0.29, 0.717) is 28.7 Å². The van der Waals surface area contributed by atoms with Crippen LogP contribution >= 0.6 is 7.75 Å². The van der Waals surface area contributed by atoms with E-state index in [9.17, 15) is 4.57 Å². The van der Waals surface area contributed by atoms with E-state index in [1.807, 2.05) is 24.3 Å². The Kier molecular flexibility index (Phi) is 8.30. The van der Waals surface area contributed by atoms with Crippen molar-refractivity contribution in [2.75, 3.05) is 46.7 Å². The highest BCUT2D eigenvalue weighted by atomic mass is 31.2. The first-order chi connectivity index (χ1) is 15.9. The average molecular weight is 477 g/mol. The Labute approximate surface area is 195 Å². The number of allylic oxidation sites excluding steroid dienone is 1. The van der Waals surface area contributed by atoms with Crippen LogP contribution in [0, 0.1) is 0 Å². The molecule has 9 heteroatoms. The quantitative estimate of drug-likeness (QED) is 0.413. The second-order valence-electron chi connectivity index (χ2n) is 7.18. The third-order valence-corrected chi connectivity index (χ3v) is 7.04. The summed E-state index contributed by atoms with van der Waals surface area (Å²) in [5.41, 5.74) is 4.49. The third-order valence-electron chi connectivity index (χ3n) is 5.35. The maximum Gasteiger partial charge on any atom is 0.432 e. The summed E-state index contributed by atoms with van der Waals surface area (Å²) in [5, 5.41) is 3.03. The molecule has 0 heterocycles. The van der Waals surface area contributed by atoms with Crippen molar-refractivity contribution in [3.05, 3.63) is 47.0 Å². The Balaban J connectivity index is 2.14. The van der Waals surface area contributed by atoms with Crippen molar-refractivity contribution < 1.29 is 32.6 Å². The Morgan fingerprint density at radius 1 is 0.879 bits per heavy atom. The summed E-state index contributed by atoms with van der Waals surface area (Å²) in [4.78, 5) is 0. The fourth-order valence-electron chi connectivity index (χ4n) is 3.99. The zero-order valence-corrected chi connectivity index (χ0v) is 20.9. The van der Waals surface area contributed by atoms with E-state index < -0.39 is 7.75 Å². The molecule has 1 aliphatic rings. The molecule has 3 rings (SSSR count). The molecule has 180 valence electrons. The van der Waals surface area contributed by atoms with Crippen LogP contribution in [0.4, 0.5) is 5.69 Å². The van der Waals surface area contributed by atoms with E-state index in [2.05, 4.69) is 11.2 Å². The highest BCUT2D eigenvalue weighted by Crippen LogP contribution is 2.52. The predicted octanol–water partition coefficient (Wildman–Crippen LogP) is 5.69. The summed E-state index contributed by atoms with van der Waals surface area (Å²) in [7, 11) is 2.78. The van der Waals surface area contributed by atoms with Crippen molar-refractivity contribution >= 4 is 19.0 Å². The molecule has 0 radical (unpaired) electrons. The zero-order chi connectivity index (χ0) is 24.0. The third kappa shape index (κ3) is 5.13. The molecule has 0 fully saturated rings. The van der Waals surface area contributed by atoms with Gasteiger partial charge in [0.2, 0.25) is 5.75 Å².